The van der Waals surface area contributed by atoms with Crippen LogP contribution in [-0.4, -0.2) is 37.2 Å². The first-order valence-electron chi connectivity index (χ1n) is 29.4. The summed E-state index contributed by atoms with van der Waals surface area (Å²) in [5.41, 5.74) is 0. The molecule has 0 fully saturated rings. The highest BCUT2D eigenvalue weighted by atomic mass is 16.6. The number of carbonyl (C=O) groups excluding carboxylic acids is 3. The fourth-order valence-electron chi connectivity index (χ4n) is 9.10. The molecule has 0 aromatic rings. The van der Waals surface area contributed by atoms with Crippen molar-refractivity contribution in [2.75, 3.05) is 13.2 Å². The third-order valence-electron chi connectivity index (χ3n) is 13.5. The summed E-state index contributed by atoms with van der Waals surface area (Å²) < 4.78 is 16.9. The van der Waals surface area contributed by atoms with E-state index in [1.165, 1.54) is 231 Å². The van der Waals surface area contributed by atoms with Crippen LogP contribution in [0.2, 0.25) is 0 Å². The summed E-state index contributed by atoms with van der Waals surface area (Å²) >= 11 is 0. The third-order valence-corrected chi connectivity index (χ3v) is 13.5. The number of unbranched alkanes of at least 4 members (excludes halogenated alkanes) is 41. The molecule has 0 rings (SSSR count). The fraction of sp³-hybridized carbons (Fsp3) is 0.949. The van der Waals surface area contributed by atoms with Crippen molar-refractivity contribution in [3.05, 3.63) is 0 Å². The van der Waals surface area contributed by atoms with E-state index in [2.05, 4.69) is 27.7 Å². The van der Waals surface area contributed by atoms with Gasteiger partial charge in [-0.05, 0) is 25.2 Å². The van der Waals surface area contributed by atoms with Crippen LogP contribution in [0.1, 0.15) is 336 Å². The van der Waals surface area contributed by atoms with Gasteiger partial charge in [-0.1, -0.05) is 297 Å². The van der Waals surface area contributed by atoms with E-state index in [9.17, 15) is 14.4 Å². The monoisotopic (exact) mass is 919 g/mol. The topological polar surface area (TPSA) is 78.9 Å². The summed E-state index contributed by atoms with van der Waals surface area (Å²) in [6.45, 7) is 9.07. The summed E-state index contributed by atoms with van der Waals surface area (Å²) in [7, 11) is 0. The van der Waals surface area contributed by atoms with Crippen molar-refractivity contribution < 1.29 is 28.6 Å². The highest BCUT2D eigenvalue weighted by Gasteiger charge is 2.19. The molecule has 6 heteroatoms. The van der Waals surface area contributed by atoms with Gasteiger partial charge in [0.15, 0.2) is 6.10 Å². The maximum absolute atomic E-state index is 12.9. The van der Waals surface area contributed by atoms with Crippen LogP contribution >= 0.6 is 0 Å². The van der Waals surface area contributed by atoms with E-state index in [-0.39, 0.29) is 31.1 Å². The maximum atomic E-state index is 12.9. The van der Waals surface area contributed by atoms with Crippen LogP contribution in [-0.2, 0) is 28.6 Å². The Bertz CT molecular complexity index is 980. The minimum absolute atomic E-state index is 0.0616. The molecule has 0 bridgehead atoms. The van der Waals surface area contributed by atoms with E-state index < -0.39 is 6.10 Å². The Labute approximate surface area is 406 Å². The van der Waals surface area contributed by atoms with Gasteiger partial charge in [0, 0.05) is 19.3 Å². The molecule has 0 aromatic carbocycles. The highest BCUT2D eigenvalue weighted by molar-refractivity contribution is 5.71. The van der Waals surface area contributed by atoms with Gasteiger partial charge in [0.1, 0.15) is 13.2 Å². The molecule has 0 spiro atoms. The second-order valence-corrected chi connectivity index (χ2v) is 20.8. The lowest BCUT2D eigenvalue weighted by Crippen LogP contribution is -2.30. The predicted octanol–water partition coefficient (Wildman–Crippen LogP) is 19.4. The highest BCUT2D eigenvalue weighted by Crippen LogP contribution is 2.18. The summed E-state index contributed by atoms with van der Waals surface area (Å²) in [6.07, 6.45) is 58.1. The molecule has 0 radical (unpaired) electrons. The molecular weight excluding hydrogens is 805 g/mol. The summed E-state index contributed by atoms with van der Waals surface area (Å²) in [4.78, 5) is 38.1. The predicted molar refractivity (Wildman–Crippen MR) is 280 cm³/mol. The first-order chi connectivity index (χ1) is 31.9. The van der Waals surface area contributed by atoms with Gasteiger partial charge in [0.05, 0.1) is 0 Å². The molecule has 0 amide bonds. The number of esters is 3. The van der Waals surface area contributed by atoms with Gasteiger partial charge in [-0.2, -0.15) is 0 Å². The third kappa shape index (κ3) is 53.2. The second-order valence-electron chi connectivity index (χ2n) is 20.8. The Balaban J connectivity index is 4.27. The molecule has 65 heavy (non-hydrogen) atoms. The molecule has 0 saturated carbocycles. The standard InChI is InChI=1S/C59H114O6/c1-5-7-9-11-13-15-17-19-20-24-27-31-35-39-43-47-51-58(61)64-54-56(53-63-57(60)50-46-42-38-34-30-18-16-14-12-10-8-6-2)65-59(62)52-48-44-40-36-32-28-25-22-21-23-26-29-33-37-41-45-49-55(3)4/h55-56H,5-54H2,1-4H3/t56-/m0/s1. The van der Waals surface area contributed by atoms with Crippen molar-refractivity contribution >= 4 is 17.9 Å². The lowest BCUT2D eigenvalue weighted by atomic mass is 10.0. The maximum Gasteiger partial charge on any atom is 0.306 e. The van der Waals surface area contributed by atoms with E-state index >= 15 is 0 Å². The van der Waals surface area contributed by atoms with Crippen LogP contribution in [0.25, 0.3) is 0 Å². The number of hydrogen-bond acceptors (Lipinski definition) is 6. The van der Waals surface area contributed by atoms with Gasteiger partial charge in [0.25, 0.3) is 0 Å². The Morgan fingerprint density at radius 3 is 0.754 bits per heavy atom. The zero-order valence-electron chi connectivity index (χ0n) is 44.5. The van der Waals surface area contributed by atoms with Crippen molar-refractivity contribution in [2.24, 2.45) is 5.92 Å². The van der Waals surface area contributed by atoms with Crippen LogP contribution < -0.4 is 0 Å². The number of rotatable bonds is 54. The average molecular weight is 920 g/mol. The Kier molecular flexibility index (Phi) is 52.1. The minimum Gasteiger partial charge on any atom is -0.462 e. The first kappa shape index (κ1) is 63.4. The van der Waals surface area contributed by atoms with Gasteiger partial charge >= 0.3 is 17.9 Å². The van der Waals surface area contributed by atoms with Gasteiger partial charge < -0.3 is 14.2 Å². The van der Waals surface area contributed by atoms with Crippen molar-refractivity contribution in [1.82, 2.24) is 0 Å². The van der Waals surface area contributed by atoms with Gasteiger partial charge in [-0.25, -0.2) is 0 Å². The molecule has 1 atom stereocenters. The van der Waals surface area contributed by atoms with E-state index in [0.29, 0.717) is 19.3 Å². The van der Waals surface area contributed by atoms with E-state index in [4.69, 9.17) is 14.2 Å². The second kappa shape index (κ2) is 53.4. The van der Waals surface area contributed by atoms with Crippen molar-refractivity contribution in [3.63, 3.8) is 0 Å². The van der Waals surface area contributed by atoms with Gasteiger partial charge in [-0.15, -0.1) is 0 Å². The van der Waals surface area contributed by atoms with Crippen LogP contribution in [0, 0.1) is 5.92 Å². The molecule has 0 aliphatic heterocycles. The molecule has 6 nitrogen and oxygen atoms in total. The van der Waals surface area contributed by atoms with Crippen molar-refractivity contribution in [2.45, 2.75) is 342 Å². The Morgan fingerprint density at radius 2 is 0.508 bits per heavy atom. The van der Waals surface area contributed by atoms with E-state index in [0.717, 1.165) is 63.7 Å². The molecule has 0 heterocycles. The molecule has 0 N–H and O–H groups in total. The Morgan fingerprint density at radius 1 is 0.292 bits per heavy atom. The smallest absolute Gasteiger partial charge is 0.306 e. The molecule has 0 aliphatic rings. The van der Waals surface area contributed by atoms with Gasteiger partial charge in [-0.3, -0.25) is 14.4 Å². The fourth-order valence-corrected chi connectivity index (χ4v) is 9.10. The van der Waals surface area contributed by atoms with Crippen molar-refractivity contribution in [1.29, 1.82) is 0 Å². The first-order valence-corrected chi connectivity index (χ1v) is 29.4. The summed E-state index contributed by atoms with van der Waals surface area (Å²) in [6, 6.07) is 0. The van der Waals surface area contributed by atoms with Crippen LogP contribution in [0.15, 0.2) is 0 Å². The van der Waals surface area contributed by atoms with Crippen LogP contribution in [0.5, 0.6) is 0 Å². The number of hydrogen-bond donors (Lipinski definition) is 0. The zero-order valence-corrected chi connectivity index (χ0v) is 44.5. The molecule has 0 aromatic heterocycles. The zero-order chi connectivity index (χ0) is 47.4. The number of carbonyl (C=O) groups is 3. The normalized spacial score (nSPS) is 12.0. The largest absolute Gasteiger partial charge is 0.462 e. The lowest BCUT2D eigenvalue weighted by molar-refractivity contribution is -0.167. The van der Waals surface area contributed by atoms with E-state index in [1.807, 2.05) is 0 Å². The van der Waals surface area contributed by atoms with Crippen LogP contribution in [0.3, 0.4) is 0 Å². The Hall–Kier alpha value is -1.59. The molecule has 0 saturated heterocycles. The molecule has 386 valence electrons. The van der Waals surface area contributed by atoms with Crippen LogP contribution in [0.4, 0.5) is 0 Å². The summed E-state index contributed by atoms with van der Waals surface area (Å²) in [5.74, 6) is 0.0178. The van der Waals surface area contributed by atoms with Gasteiger partial charge in [0.2, 0.25) is 0 Å². The molecule has 0 aliphatic carbocycles. The van der Waals surface area contributed by atoms with Crippen molar-refractivity contribution in [3.8, 4) is 0 Å². The summed E-state index contributed by atoms with van der Waals surface area (Å²) in [5, 5.41) is 0. The minimum atomic E-state index is -0.761. The average Bonchev–Trinajstić information content (AvgIpc) is 3.29. The lowest BCUT2D eigenvalue weighted by Gasteiger charge is -2.18. The quantitative estimate of drug-likeness (QED) is 0.0344. The molecular formula is C59H114O6. The van der Waals surface area contributed by atoms with E-state index in [1.54, 1.807) is 0 Å². The SMILES string of the molecule is CCCCCCCCCCCCCCCCCCC(=O)OC[C@H](COC(=O)CCCCCCCCCCCCCC)OC(=O)CCCCCCCCCCCCCCCCCCC(C)C. The molecule has 0 unspecified atom stereocenters. The number of ether oxygens (including phenoxy) is 3.